The molecule has 3 heterocycles. The number of nitrogens with zero attached hydrogens (tertiary/aromatic N) is 4. The number of hydrogen-bond donors (Lipinski definition) is 2. The monoisotopic (exact) mass is 461 g/mol. The Kier molecular flexibility index (Phi) is 7.73. The van der Waals surface area contributed by atoms with Crippen LogP contribution < -0.4 is 10.2 Å². The van der Waals surface area contributed by atoms with Gasteiger partial charge in [0.15, 0.2) is 0 Å². The van der Waals surface area contributed by atoms with Crippen molar-refractivity contribution in [3.63, 3.8) is 0 Å². The molecule has 3 aromatic rings. The van der Waals surface area contributed by atoms with Gasteiger partial charge in [0.25, 0.3) is 5.97 Å². The fraction of sp³-hybridized carbons (Fsp3) is 0.278. The summed E-state index contributed by atoms with van der Waals surface area (Å²) in [5.41, 5.74) is 3.15. The van der Waals surface area contributed by atoms with Crippen molar-refractivity contribution in [1.82, 2.24) is 14.6 Å². The van der Waals surface area contributed by atoms with Gasteiger partial charge < -0.3 is 20.1 Å². The fourth-order valence-corrected chi connectivity index (χ4v) is 2.62. The minimum Gasteiger partial charge on any atom is -0.481 e. The van der Waals surface area contributed by atoms with Gasteiger partial charge in [-0.3, -0.25) is 4.79 Å². The summed E-state index contributed by atoms with van der Waals surface area (Å²) in [4.78, 5) is 15.7. The van der Waals surface area contributed by atoms with Crippen molar-refractivity contribution in [3.8, 4) is 0 Å². The van der Waals surface area contributed by atoms with Crippen molar-refractivity contribution in [1.29, 1.82) is 0 Å². The van der Waals surface area contributed by atoms with E-state index in [2.05, 4.69) is 32.4 Å². The maximum absolute atomic E-state index is 9.00. The molecule has 0 unspecified atom stereocenters. The largest absolute Gasteiger partial charge is 0.481 e. The average Bonchev–Trinajstić information content (AvgIpc) is 3.10. The topological polar surface area (TPSA) is 92.0 Å². The average molecular weight is 462 g/mol. The Labute approximate surface area is 170 Å². The van der Waals surface area contributed by atoms with E-state index in [-0.39, 0.29) is 20.4 Å². The summed E-state index contributed by atoms with van der Waals surface area (Å²) in [6.07, 6.45) is 3.72. The number of carbonyl (C=O) groups is 1. The molecule has 146 valence electrons. The van der Waals surface area contributed by atoms with Crippen molar-refractivity contribution in [2.75, 3.05) is 36.5 Å². The van der Waals surface area contributed by atoms with Crippen LogP contribution in [0, 0.1) is 0 Å². The van der Waals surface area contributed by atoms with E-state index >= 15 is 0 Å². The number of ether oxygens (including phenoxy) is 1. The number of morpholine rings is 1. The first-order chi connectivity index (χ1) is 12.6. The summed E-state index contributed by atoms with van der Waals surface area (Å²) in [5, 5.41) is 15.1. The third kappa shape index (κ3) is 6.03. The normalized spacial score (nSPS) is 13.3. The summed E-state index contributed by atoms with van der Waals surface area (Å²) in [5.74, 6) is -0.247. The molecule has 8 nitrogen and oxygen atoms in total. The number of aliphatic carboxylic acids is 1. The minimum absolute atomic E-state index is 0. The van der Waals surface area contributed by atoms with Gasteiger partial charge in [0.1, 0.15) is 0 Å². The molecule has 1 saturated heterocycles. The number of anilines is 3. The summed E-state index contributed by atoms with van der Waals surface area (Å²) >= 11 is 0. The van der Waals surface area contributed by atoms with Gasteiger partial charge in [-0.15, -0.1) is 5.10 Å². The van der Waals surface area contributed by atoms with Crippen LogP contribution in [0.5, 0.6) is 0 Å². The van der Waals surface area contributed by atoms with E-state index in [9.17, 15) is 0 Å². The molecule has 4 rings (SSSR count). The smallest absolute Gasteiger partial charge is 0.300 e. The molecule has 9 heteroatoms. The van der Waals surface area contributed by atoms with Gasteiger partial charge in [-0.05, 0) is 30.3 Å². The number of rotatable bonds is 3. The van der Waals surface area contributed by atoms with Gasteiger partial charge in [-0.2, -0.15) is 0 Å². The Morgan fingerprint density at radius 3 is 2.70 bits per heavy atom. The van der Waals surface area contributed by atoms with Gasteiger partial charge >= 0.3 is 0 Å². The van der Waals surface area contributed by atoms with Crippen LogP contribution in [0.3, 0.4) is 0 Å². The third-order valence-corrected chi connectivity index (χ3v) is 3.76. The quantitative estimate of drug-likeness (QED) is 0.579. The summed E-state index contributed by atoms with van der Waals surface area (Å²) in [6, 6.07) is 12.2. The Morgan fingerprint density at radius 1 is 1.22 bits per heavy atom. The molecule has 0 atom stereocenters. The van der Waals surface area contributed by atoms with Crippen molar-refractivity contribution in [3.05, 3.63) is 48.8 Å². The summed E-state index contributed by atoms with van der Waals surface area (Å²) < 4.78 is 7.21. The molecule has 0 spiro atoms. The van der Waals surface area contributed by atoms with Crippen LogP contribution in [0.2, 0.25) is 0 Å². The second kappa shape index (κ2) is 10.0. The Hall–Kier alpha value is -2.47. The molecule has 0 bridgehead atoms. The molecule has 0 aliphatic carbocycles. The Balaban J connectivity index is 0.000000479. The first-order valence-corrected chi connectivity index (χ1v) is 8.31. The van der Waals surface area contributed by atoms with Gasteiger partial charge in [0.05, 0.1) is 24.9 Å². The Bertz CT molecular complexity index is 876. The van der Waals surface area contributed by atoms with E-state index in [0.717, 1.165) is 44.4 Å². The summed E-state index contributed by atoms with van der Waals surface area (Å²) in [6.45, 7) is 4.50. The number of benzene rings is 1. The van der Waals surface area contributed by atoms with Crippen LogP contribution in [0.4, 0.5) is 17.3 Å². The van der Waals surface area contributed by atoms with E-state index in [0.29, 0.717) is 5.95 Å². The van der Waals surface area contributed by atoms with E-state index in [1.54, 1.807) is 10.7 Å². The molecular weight excluding hydrogens is 441 g/mol. The predicted octanol–water partition coefficient (Wildman–Crippen LogP) is 2.40. The molecule has 1 aliphatic heterocycles. The van der Waals surface area contributed by atoms with Crippen molar-refractivity contribution < 1.29 is 35.1 Å². The molecule has 0 saturated carbocycles. The van der Waals surface area contributed by atoms with E-state index < -0.39 is 5.97 Å². The fourth-order valence-electron chi connectivity index (χ4n) is 2.62. The number of aromatic nitrogens is 3. The molecule has 1 aromatic carbocycles. The van der Waals surface area contributed by atoms with Gasteiger partial charge in [0, 0.05) is 58.0 Å². The second-order valence-corrected chi connectivity index (χ2v) is 5.75. The molecule has 1 aliphatic rings. The van der Waals surface area contributed by atoms with Crippen LogP contribution in [0.25, 0.3) is 5.52 Å². The SMILES string of the molecule is CC(=O)O.[Pd].c1cc(Nc2ncc3cccn3n2)cc(N2CCOCC2)c1. The maximum Gasteiger partial charge on any atom is 0.300 e. The number of carboxylic acid groups (broad SMARTS) is 1. The third-order valence-electron chi connectivity index (χ3n) is 3.76. The zero-order chi connectivity index (χ0) is 18.4. The van der Waals surface area contributed by atoms with E-state index in [4.69, 9.17) is 14.6 Å². The molecular formula is C18H21N5O3Pd. The molecule has 1 fully saturated rings. The van der Waals surface area contributed by atoms with Crippen LogP contribution in [-0.4, -0.2) is 52.0 Å². The van der Waals surface area contributed by atoms with Gasteiger partial charge in [-0.25, -0.2) is 9.50 Å². The van der Waals surface area contributed by atoms with Gasteiger partial charge in [0.2, 0.25) is 5.95 Å². The van der Waals surface area contributed by atoms with Crippen LogP contribution in [0.1, 0.15) is 6.92 Å². The standard InChI is InChI=1S/C16H17N5O.C2H4O2.Pd/c1-3-13(11-14(4-1)20-7-9-22-10-8-20)18-16-17-12-15-5-2-6-21(15)19-16;1-2(3)4;/h1-6,11-12H,7-10H2,(H,18,19);1H3,(H,3,4);. The number of fused-ring (bicyclic) bond motifs is 1. The second-order valence-electron chi connectivity index (χ2n) is 5.75. The van der Waals surface area contributed by atoms with Gasteiger partial charge in [-0.1, -0.05) is 6.07 Å². The van der Waals surface area contributed by atoms with E-state index in [1.807, 2.05) is 30.5 Å². The van der Waals surface area contributed by atoms with Crippen LogP contribution in [-0.2, 0) is 30.0 Å². The predicted molar refractivity (Wildman–Crippen MR) is 99.1 cm³/mol. The Morgan fingerprint density at radius 2 is 1.96 bits per heavy atom. The molecule has 27 heavy (non-hydrogen) atoms. The minimum atomic E-state index is -0.833. The zero-order valence-corrected chi connectivity index (χ0v) is 16.4. The number of carboxylic acids is 1. The zero-order valence-electron chi connectivity index (χ0n) is 14.8. The van der Waals surface area contributed by atoms with E-state index in [1.165, 1.54) is 5.69 Å². The first-order valence-electron chi connectivity index (χ1n) is 8.31. The molecule has 0 amide bonds. The molecule has 2 N–H and O–H groups in total. The van der Waals surface area contributed by atoms with Crippen molar-refractivity contribution in [2.24, 2.45) is 0 Å². The van der Waals surface area contributed by atoms with Crippen molar-refractivity contribution >= 4 is 28.8 Å². The number of hydrogen-bond acceptors (Lipinski definition) is 6. The molecule has 0 radical (unpaired) electrons. The van der Waals surface area contributed by atoms with Crippen molar-refractivity contribution in [2.45, 2.75) is 6.92 Å². The van der Waals surface area contributed by atoms with Crippen LogP contribution in [0.15, 0.2) is 48.8 Å². The molecule has 2 aromatic heterocycles. The van der Waals surface area contributed by atoms with Crippen LogP contribution >= 0.6 is 0 Å². The first kappa shape index (κ1) is 20.8. The summed E-state index contributed by atoms with van der Waals surface area (Å²) in [7, 11) is 0. The number of nitrogens with one attached hydrogen (secondary N) is 1. The maximum atomic E-state index is 9.00.